The van der Waals surface area contributed by atoms with E-state index >= 15 is 0 Å². The third-order valence-corrected chi connectivity index (χ3v) is 12.1. The Morgan fingerprint density at radius 1 is 0.500 bits per heavy atom. The lowest BCUT2D eigenvalue weighted by molar-refractivity contribution is 0.518. The van der Waals surface area contributed by atoms with Crippen molar-refractivity contribution in [1.29, 1.82) is 0 Å². The third kappa shape index (κ3) is 5.70. The number of benzene rings is 7. The number of anilines is 3. The summed E-state index contributed by atoms with van der Waals surface area (Å²) >= 11 is 0. The standard InChI is InChI=1S/C54H46N4/c1-38-18-11-12-25-45(38)39-32-33-55-52(34-39)58-48-27-14-13-26-46(48)47-31-30-43(36-51(47)58)54(40-19-7-5-8-20-40,41-21-9-6-10-22-41)42-23-17-24-44(35-42)56-37-57(53(2,3)4)50-29-16-15-28-49(50)56/h5-36H,37H2,1-4H3. The largest absolute Gasteiger partial charge is 0.347 e. The summed E-state index contributed by atoms with van der Waals surface area (Å²) in [5.41, 5.74) is 13.6. The topological polar surface area (TPSA) is 24.3 Å². The Bertz CT molecular complexity index is 2900. The highest BCUT2D eigenvalue weighted by molar-refractivity contribution is 6.09. The van der Waals surface area contributed by atoms with Gasteiger partial charge in [-0.15, -0.1) is 0 Å². The Hall–Kier alpha value is -6.91. The molecule has 282 valence electrons. The summed E-state index contributed by atoms with van der Waals surface area (Å²) in [4.78, 5) is 10.0. The fourth-order valence-corrected chi connectivity index (χ4v) is 9.35. The van der Waals surface area contributed by atoms with E-state index in [-0.39, 0.29) is 5.54 Å². The van der Waals surface area contributed by atoms with Gasteiger partial charge in [-0.2, -0.15) is 0 Å². The van der Waals surface area contributed by atoms with Gasteiger partial charge in [0.2, 0.25) is 0 Å². The first-order chi connectivity index (χ1) is 28.3. The van der Waals surface area contributed by atoms with Gasteiger partial charge in [-0.25, -0.2) is 4.98 Å². The number of rotatable bonds is 7. The maximum absolute atomic E-state index is 5.05. The first-order valence-corrected chi connectivity index (χ1v) is 20.2. The number of para-hydroxylation sites is 3. The van der Waals surface area contributed by atoms with E-state index in [0.717, 1.165) is 29.1 Å². The summed E-state index contributed by atoms with van der Waals surface area (Å²) in [6.07, 6.45) is 1.95. The molecule has 0 N–H and O–H groups in total. The molecule has 0 atom stereocenters. The number of nitrogens with zero attached hydrogens (tertiary/aromatic N) is 4. The molecule has 0 saturated carbocycles. The van der Waals surface area contributed by atoms with Crippen molar-refractivity contribution in [3.63, 3.8) is 0 Å². The van der Waals surface area contributed by atoms with Crippen molar-refractivity contribution in [1.82, 2.24) is 9.55 Å². The fourth-order valence-electron chi connectivity index (χ4n) is 9.35. The molecule has 2 aromatic heterocycles. The first-order valence-electron chi connectivity index (χ1n) is 20.2. The van der Waals surface area contributed by atoms with Gasteiger partial charge in [0, 0.05) is 28.2 Å². The molecule has 0 fully saturated rings. The Balaban J connectivity index is 1.24. The number of aryl methyl sites for hydroxylation is 1. The zero-order valence-electron chi connectivity index (χ0n) is 33.5. The average Bonchev–Trinajstić information content (AvgIpc) is 3.82. The highest BCUT2D eigenvalue weighted by atomic mass is 15.4. The van der Waals surface area contributed by atoms with Crippen LogP contribution in [0.3, 0.4) is 0 Å². The molecular formula is C54H46N4. The molecule has 1 aliphatic heterocycles. The molecule has 4 heteroatoms. The van der Waals surface area contributed by atoms with E-state index < -0.39 is 5.41 Å². The second kappa shape index (κ2) is 13.9. The number of hydrogen-bond donors (Lipinski definition) is 0. The van der Waals surface area contributed by atoms with Crippen LogP contribution >= 0.6 is 0 Å². The van der Waals surface area contributed by atoms with Crippen molar-refractivity contribution in [2.75, 3.05) is 16.5 Å². The van der Waals surface area contributed by atoms with Crippen LogP contribution in [0.25, 0.3) is 38.8 Å². The fraction of sp³-hybridized carbons (Fsp3) is 0.130. The normalized spacial score (nSPS) is 13.0. The van der Waals surface area contributed by atoms with E-state index in [4.69, 9.17) is 4.98 Å². The molecule has 0 amide bonds. The van der Waals surface area contributed by atoms with Crippen LogP contribution in [0, 0.1) is 6.92 Å². The van der Waals surface area contributed by atoms with Crippen molar-refractivity contribution in [3.05, 3.63) is 222 Å². The minimum Gasteiger partial charge on any atom is -0.347 e. The van der Waals surface area contributed by atoms with Crippen molar-refractivity contribution >= 4 is 38.9 Å². The minimum absolute atomic E-state index is 0.0392. The lowest BCUT2D eigenvalue weighted by Gasteiger charge is -2.38. The summed E-state index contributed by atoms with van der Waals surface area (Å²) in [5.74, 6) is 0.896. The quantitative estimate of drug-likeness (QED) is 0.152. The summed E-state index contributed by atoms with van der Waals surface area (Å²) in [6, 6.07) is 68.9. The Morgan fingerprint density at radius 3 is 1.86 bits per heavy atom. The molecule has 0 saturated heterocycles. The van der Waals surface area contributed by atoms with Crippen LogP contribution in [0.1, 0.15) is 48.6 Å². The van der Waals surface area contributed by atoms with E-state index in [1.54, 1.807) is 0 Å². The molecule has 0 aliphatic carbocycles. The van der Waals surface area contributed by atoms with E-state index in [9.17, 15) is 0 Å². The minimum atomic E-state index is -0.659. The number of pyridine rings is 1. The van der Waals surface area contributed by atoms with Crippen LogP contribution < -0.4 is 9.80 Å². The molecule has 10 rings (SSSR count). The Labute approximate surface area is 341 Å². The number of aromatic nitrogens is 2. The monoisotopic (exact) mass is 750 g/mol. The first kappa shape index (κ1) is 35.5. The highest BCUT2D eigenvalue weighted by Gasteiger charge is 2.40. The van der Waals surface area contributed by atoms with Gasteiger partial charge in [-0.1, -0.05) is 140 Å². The zero-order chi connectivity index (χ0) is 39.4. The van der Waals surface area contributed by atoms with Crippen LogP contribution in [-0.4, -0.2) is 21.8 Å². The second-order valence-electron chi connectivity index (χ2n) is 16.5. The van der Waals surface area contributed by atoms with Crippen LogP contribution in [0.5, 0.6) is 0 Å². The van der Waals surface area contributed by atoms with E-state index in [2.05, 4.69) is 230 Å². The SMILES string of the molecule is Cc1ccccc1-c1ccnc(-n2c3ccccc3c3ccc(C(c4ccccc4)(c4ccccc4)c4cccc(N5CN(C(C)(C)C)c6ccccc65)c4)cc32)c1. The smallest absolute Gasteiger partial charge is 0.138 e. The van der Waals surface area contributed by atoms with Gasteiger partial charge < -0.3 is 9.80 Å². The van der Waals surface area contributed by atoms with Gasteiger partial charge in [0.1, 0.15) is 5.82 Å². The lowest BCUT2D eigenvalue weighted by Crippen LogP contribution is -2.42. The lowest BCUT2D eigenvalue weighted by atomic mass is 9.65. The average molecular weight is 751 g/mol. The molecule has 9 aromatic rings. The molecule has 0 unspecified atom stereocenters. The zero-order valence-corrected chi connectivity index (χ0v) is 33.5. The number of fused-ring (bicyclic) bond motifs is 4. The van der Waals surface area contributed by atoms with Crippen LogP contribution in [0.4, 0.5) is 17.1 Å². The van der Waals surface area contributed by atoms with Crippen molar-refractivity contribution < 1.29 is 0 Å². The van der Waals surface area contributed by atoms with Gasteiger partial charge in [-0.3, -0.25) is 4.57 Å². The molecule has 0 bridgehead atoms. The highest BCUT2D eigenvalue weighted by Crippen LogP contribution is 2.49. The summed E-state index contributed by atoms with van der Waals surface area (Å²) in [6.45, 7) is 9.83. The molecule has 0 spiro atoms. The molecule has 3 heterocycles. The molecule has 0 radical (unpaired) electrons. The molecular weight excluding hydrogens is 705 g/mol. The van der Waals surface area contributed by atoms with Crippen LogP contribution in [-0.2, 0) is 5.41 Å². The Morgan fingerprint density at radius 2 is 1.12 bits per heavy atom. The van der Waals surface area contributed by atoms with Gasteiger partial charge >= 0.3 is 0 Å². The molecule has 4 nitrogen and oxygen atoms in total. The van der Waals surface area contributed by atoms with E-state index in [1.165, 1.54) is 61.2 Å². The summed E-state index contributed by atoms with van der Waals surface area (Å²) in [5, 5.41) is 2.40. The third-order valence-electron chi connectivity index (χ3n) is 12.1. The predicted octanol–water partition coefficient (Wildman–Crippen LogP) is 13.3. The van der Waals surface area contributed by atoms with Gasteiger partial charge in [0.15, 0.2) is 0 Å². The van der Waals surface area contributed by atoms with Gasteiger partial charge in [0.05, 0.1) is 34.5 Å². The van der Waals surface area contributed by atoms with Crippen molar-refractivity contribution in [2.24, 2.45) is 0 Å². The van der Waals surface area contributed by atoms with Crippen LogP contribution in [0.2, 0.25) is 0 Å². The van der Waals surface area contributed by atoms with Crippen molar-refractivity contribution in [3.8, 4) is 16.9 Å². The summed E-state index contributed by atoms with van der Waals surface area (Å²) < 4.78 is 2.36. The van der Waals surface area contributed by atoms with Crippen LogP contribution in [0.15, 0.2) is 194 Å². The van der Waals surface area contributed by atoms with E-state index in [1.807, 2.05) is 6.20 Å². The maximum Gasteiger partial charge on any atom is 0.138 e. The summed E-state index contributed by atoms with van der Waals surface area (Å²) in [7, 11) is 0. The second-order valence-corrected chi connectivity index (χ2v) is 16.5. The van der Waals surface area contributed by atoms with Gasteiger partial charge in [0.25, 0.3) is 0 Å². The number of hydrogen-bond acceptors (Lipinski definition) is 3. The predicted molar refractivity (Wildman–Crippen MR) is 243 cm³/mol. The Kier molecular flexibility index (Phi) is 8.53. The molecule has 1 aliphatic rings. The van der Waals surface area contributed by atoms with Gasteiger partial charge in [-0.05, 0) is 115 Å². The molecule has 7 aromatic carbocycles. The van der Waals surface area contributed by atoms with Crippen molar-refractivity contribution in [2.45, 2.75) is 38.6 Å². The molecule has 58 heavy (non-hydrogen) atoms. The maximum atomic E-state index is 5.05. The van der Waals surface area contributed by atoms with E-state index in [0.29, 0.717) is 0 Å².